The lowest BCUT2D eigenvalue weighted by Gasteiger charge is -2.20. The molecule has 9 heteroatoms. The van der Waals surface area contributed by atoms with E-state index in [2.05, 4.69) is 125 Å². The summed E-state index contributed by atoms with van der Waals surface area (Å²) in [7, 11) is 4.30. The number of rotatable bonds is 12. The van der Waals surface area contributed by atoms with Gasteiger partial charge in [-0.3, -0.25) is 15.9 Å². The molecule has 6 rings (SSSR count). The number of hydrogen-bond donors (Lipinski definition) is 3. The van der Waals surface area contributed by atoms with Crippen LogP contribution in [-0.4, -0.2) is 31.9 Å². The average molecular weight is 651 g/mol. The van der Waals surface area contributed by atoms with Crippen LogP contribution in [0.5, 0.6) is 0 Å². The third-order valence-electron chi connectivity index (χ3n) is 8.48. The summed E-state index contributed by atoms with van der Waals surface area (Å²) in [5.41, 5.74) is 11.6. The Balaban J connectivity index is 1.21. The summed E-state index contributed by atoms with van der Waals surface area (Å²) in [4.78, 5) is 19.5. The van der Waals surface area contributed by atoms with E-state index in [1.54, 1.807) is 0 Å². The van der Waals surface area contributed by atoms with E-state index in [0.717, 1.165) is 37.9 Å². The van der Waals surface area contributed by atoms with Gasteiger partial charge in [-0.15, -0.1) is 0 Å². The van der Waals surface area contributed by atoms with Gasteiger partial charge < -0.3 is 15.1 Å². The number of hydrogen-bond acceptors (Lipinski definition) is 5. The van der Waals surface area contributed by atoms with Gasteiger partial charge >= 0.3 is 0 Å². The molecule has 0 radical (unpaired) electrons. The lowest BCUT2D eigenvalue weighted by atomic mass is 10.1. The number of amides is 1. The zero-order valence-corrected chi connectivity index (χ0v) is 28.2. The largest absolute Gasteiger partial charge is 0.356 e. The van der Waals surface area contributed by atoms with Crippen LogP contribution in [0.4, 0.5) is 11.4 Å². The van der Waals surface area contributed by atoms with Crippen LogP contribution in [0.2, 0.25) is 0 Å². The van der Waals surface area contributed by atoms with Gasteiger partial charge in [0.1, 0.15) is 7.05 Å². The molecule has 0 spiro atoms. The highest BCUT2D eigenvalue weighted by molar-refractivity contribution is 8.04. The quantitative estimate of drug-likeness (QED) is 0.0791. The topological polar surface area (TPSA) is 91.1 Å². The Morgan fingerprint density at radius 2 is 1.57 bits per heavy atom. The second kappa shape index (κ2) is 14.5. The predicted octanol–water partition coefficient (Wildman–Crippen LogP) is 5.69. The van der Waals surface area contributed by atoms with Crippen molar-refractivity contribution in [2.45, 2.75) is 48.3 Å². The van der Waals surface area contributed by atoms with Crippen LogP contribution in [-0.2, 0) is 11.8 Å². The van der Waals surface area contributed by atoms with Gasteiger partial charge in [0, 0.05) is 61.0 Å². The van der Waals surface area contributed by atoms with E-state index in [9.17, 15) is 4.79 Å². The molecule has 3 heterocycles. The Bertz CT molecular complexity index is 1830. The highest BCUT2D eigenvalue weighted by Crippen LogP contribution is 2.47. The van der Waals surface area contributed by atoms with Gasteiger partial charge in [-0.25, -0.2) is 0 Å². The molecule has 2 aliphatic rings. The van der Waals surface area contributed by atoms with E-state index in [4.69, 9.17) is 11.1 Å². The third-order valence-corrected chi connectivity index (χ3v) is 10.8. The highest BCUT2D eigenvalue weighted by atomic mass is 32.2. The number of para-hydroxylation sites is 3. The molecule has 1 aromatic heterocycles. The van der Waals surface area contributed by atoms with Crippen LogP contribution in [0.1, 0.15) is 49.8 Å². The van der Waals surface area contributed by atoms with Crippen molar-refractivity contribution in [3.63, 3.8) is 0 Å². The number of unbranched alkanes of at least 4 members (excludes halogenated alkanes) is 2. The van der Waals surface area contributed by atoms with Crippen molar-refractivity contribution >= 4 is 69.7 Å². The van der Waals surface area contributed by atoms with Crippen LogP contribution in [0.25, 0.3) is 23.1 Å². The first-order chi connectivity index (χ1) is 22.4. The molecule has 7 nitrogen and oxygen atoms in total. The number of benzene rings is 3. The average Bonchev–Trinajstić information content (AvgIpc) is 3.57. The molecule has 0 bridgehead atoms. The summed E-state index contributed by atoms with van der Waals surface area (Å²) in [6.45, 7) is 1.51. The fraction of sp³-hybridized carbons (Fsp3) is 0.270. The lowest BCUT2D eigenvalue weighted by Crippen LogP contribution is -2.45. The standard InChI is InChI=1S/C37H40N6OS2/c1-41-27(23-26(28-13-5-6-14-29(28)41)24-36-42(2)30-15-7-9-17-32(30)45-36)25-37-43(31-16-8-10-18-33(31)46-37)22-11-3-4-20-35(44)40-21-12-19-34(38)39/h5-10,13-18,23-25H,3-4,11-12,19-22H2,1-2H3,(H3-,38,39,40,44)/p+2. The van der Waals surface area contributed by atoms with Crippen molar-refractivity contribution in [1.82, 2.24) is 5.32 Å². The first-order valence-electron chi connectivity index (χ1n) is 15.9. The fourth-order valence-electron chi connectivity index (χ4n) is 5.98. The van der Waals surface area contributed by atoms with Crippen molar-refractivity contribution in [3.8, 4) is 0 Å². The fourth-order valence-corrected chi connectivity index (χ4v) is 8.22. The summed E-state index contributed by atoms with van der Waals surface area (Å²) < 4.78 is 2.30. The van der Waals surface area contributed by atoms with Crippen molar-refractivity contribution in [1.29, 1.82) is 0 Å². The van der Waals surface area contributed by atoms with Crippen LogP contribution >= 0.6 is 23.5 Å². The van der Waals surface area contributed by atoms with Gasteiger partial charge in [-0.2, -0.15) is 4.57 Å². The molecule has 46 heavy (non-hydrogen) atoms. The maximum Gasteiger partial charge on any atom is 0.238 e. The van der Waals surface area contributed by atoms with Gasteiger partial charge in [0.05, 0.1) is 26.8 Å². The minimum Gasteiger partial charge on any atom is -0.356 e. The molecule has 4 aromatic rings. The number of nitrogens with zero attached hydrogens (tertiary/aromatic N) is 3. The second-order valence-corrected chi connectivity index (χ2v) is 13.9. The number of pyridine rings is 1. The summed E-state index contributed by atoms with van der Waals surface area (Å²) in [5, 5.41) is 12.2. The normalized spacial score (nSPS) is 15.5. The zero-order chi connectivity index (χ0) is 32.0. The van der Waals surface area contributed by atoms with Crippen molar-refractivity contribution < 1.29 is 14.8 Å². The van der Waals surface area contributed by atoms with Crippen LogP contribution in [0, 0.1) is 0 Å². The van der Waals surface area contributed by atoms with Crippen LogP contribution < -0.4 is 30.8 Å². The van der Waals surface area contributed by atoms with Crippen LogP contribution in [0.15, 0.2) is 98.7 Å². The van der Waals surface area contributed by atoms with E-state index >= 15 is 0 Å². The summed E-state index contributed by atoms with van der Waals surface area (Å²) in [6.07, 6.45) is 9.46. The number of thioether (sulfide) groups is 2. The SMILES string of the molecule is CN1C(=Cc2cc(/C=C3/Sc4ccccc4N3CCCCCC(=O)NCCCC(N)=[NH2+])[n+](C)c3ccccc23)Sc2ccccc21. The van der Waals surface area contributed by atoms with Crippen molar-refractivity contribution in [2.24, 2.45) is 12.8 Å². The number of aromatic nitrogens is 1. The molecule has 236 valence electrons. The molecule has 0 saturated carbocycles. The van der Waals surface area contributed by atoms with E-state index < -0.39 is 0 Å². The third kappa shape index (κ3) is 7.11. The van der Waals surface area contributed by atoms with Gasteiger partial charge in [-0.05, 0) is 61.2 Å². The number of aryl methyl sites for hydroxylation is 1. The van der Waals surface area contributed by atoms with E-state index in [1.165, 1.54) is 47.7 Å². The van der Waals surface area contributed by atoms with Crippen molar-refractivity contribution in [2.75, 3.05) is 29.9 Å². The molecule has 5 N–H and O–H groups in total. The Morgan fingerprint density at radius 1 is 0.870 bits per heavy atom. The van der Waals surface area contributed by atoms with Gasteiger partial charge in [0.15, 0.2) is 0 Å². The summed E-state index contributed by atoms with van der Waals surface area (Å²) >= 11 is 3.65. The minimum absolute atomic E-state index is 0.0962. The molecule has 0 saturated heterocycles. The Kier molecular flexibility index (Phi) is 10.00. The monoisotopic (exact) mass is 650 g/mol. The van der Waals surface area contributed by atoms with Crippen LogP contribution in [0.3, 0.4) is 0 Å². The zero-order valence-electron chi connectivity index (χ0n) is 26.5. The summed E-state index contributed by atoms with van der Waals surface area (Å²) in [5.74, 6) is 0.512. The number of carbonyl (C=O) groups excluding carboxylic acids is 1. The second-order valence-electron chi connectivity index (χ2n) is 11.8. The Hall–Kier alpha value is -4.21. The minimum atomic E-state index is 0.0962. The number of nitrogens with two attached hydrogens (primary N) is 2. The summed E-state index contributed by atoms with van der Waals surface area (Å²) in [6, 6.07) is 28.2. The molecule has 0 aliphatic carbocycles. The Morgan fingerprint density at radius 3 is 2.35 bits per heavy atom. The van der Waals surface area contributed by atoms with E-state index in [0.29, 0.717) is 25.2 Å². The number of carbonyl (C=O) groups is 1. The number of amidine groups is 1. The van der Waals surface area contributed by atoms with Gasteiger partial charge in [-0.1, -0.05) is 66.3 Å². The number of nitrogens with one attached hydrogen (secondary N) is 1. The van der Waals surface area contributed by atoms with E-state index in [-0.39, 0.29) is 5.91 Å². The Labute approximate surface area is 280 Å². The first-order valence-corrected chi connectivity index (χ1v) is 17.6. The maximum atomic E-state index is 12.2. The molecule has 0 unspecified atom stereocenters. The van der Waals surface area contributed by atoms with E-state index in [1.807, 2.05) is 23.5 Å². The van der Waals surface area contributed by atoms with Crippen molar-refractivity contribution in [3.05, 3.63) is 100 Å². The smallest absolute Gasteiger partial charge is 0.238 e. The molecular weight excluding hydrogens is 609 g/mol. The molecule has 0 atom stereocenters. The molecule has 2 aliphatic heterocycles. The first kappa shape index (κ1) is 31.8. The molecule has 3 aromatic carbocycles. The predicted molar refractivity (Wildman–Crippen MR) is 193 cm³/mol. The molecule has 1 amide bonds. The number of fused-ring (bicyclic) bond motifs is 3. The highest BCUT2D eigenvalue weighted by Gasteiger charge is 2.27. The number of anilines is 2. The van der Waals surface area contributed by atoms with Gasteiger partial charge in [0.25, 0.3) is 0 Å². The molecular formula is C37H42N6OS2+2. The lowest BCUT2D eigenvalue weighted by molar-refractivity contribution is -0.646. The van der Waals surface area contributed by atoms with Gasteiger partial charge in [0.2, 0.25) is 23.0 Å². The molecule has 0 fully saturated rings. The maximum absolute atomic E-state index is 12.2.